The van der Waals surface area contributed by atoms with E-state index < -0.39 is 0 Å². The molecule has 0 amide bonds. The van der Waals surface area contributed by atoms with Gasteiger partial charge in [0.1, 0.15) is 0 Å². The second kappa shape index (κ2) is 5.94. The Morgan fingerprint density at radius 1 is 1.24 bits per heavy atom. The summed E-state index contributed by atoms with van der Waals surface area (Å²) in [6.45, 7) is 3.03. The topological polar surface area (TPSA) is 24.9 Å². The van der Waals surface area contributed by atoms with E-state index in [9.17, 15) is 0 Å². The number of nitrogens with zero attached hydrogens (tertiary/aromatic N) is 1. The fourth-order valence-corrected chi connectivity index (χ4v) is 3.01. The summed E-state index contributed by atoms with van der Waals surface area (Å²) in [5.74, 6) is 0. The van der Waals surface area contributed by atoms with Gasteiger partial charge < -0.3 is 5.32 Å². The van der Waals surface area contributed by atoms with E-state index in [1.54, 1.807) is 0 Å². The maximum absolute atomic E-state index is 4.72. The van der Waals surface area contributed by atoms with Gasteiger partial charge in [-0.25, -0.2) is 4.98 Å². The van der Waals surface area contributed by atoms with Crippen LogP contribution in [0.3, 0.4) is 0 Å². The van der Waals surface area contributed by atoms with Crippen LogP contribution in [0.1, 0.15) is 24.0 Å². The Hall–Kier alpha value is -1.19. The van der Waals surface area contributed by atoms with Gasteiger partial charge in [0.15, 0.2) is 0 Å². The van der Waals surface area contributed by atoms with E-state index >= 15 is 0 Å². The molecule has 3 heteroatoms. The highest BCUT2D eigenvalue weighted by molar-refractivity contribution is 7.15. The highest BCUT2D eigenvalue weighted by Gasteiger charge is 2.11. The number of aromatic nitrogens is 1. The number of hydrogen-bond acceptors (Lipinski definition) is 3. The quantitative estimate of drug-likeness (QED) is 0.873. The maximum Gasteiger partial charge on any atom is 0.0935 e. The van der Waals surface area contributed by atoms with Gasteiger partial charge in [0, 0.05) is 6.54 Å². The number of benzene rings is 1. The Bertz CT molecular complexity index is 462. The van der Waals surface area contributed by atoms with Gasteiger partial charge in [-0.1, -0.05) is 37.3 Å². The number of nitrogens with one attached hydrogen (secondary N) is 1. The predicted molar refractivity (Wildman–Crippen MR) is 74.3 cm³/mol. The molecule has 2 aromatic rings. The van der Waals surface area contributed by atoms with E-state index in [0.29, 0.717) is 0 Å². The van der Waals surface area contributed by atoms with Gasteiger partial charge in [-0.3, -0.25) is 0 Å². The maximum atomic E-state index is 4.72. The van der Waals surface area contributed by atoms with Crippen molar-refractivity contribution in [1.82, 2.24) is 10.3 Å². The van der Waals surface area contributed by atoms with Crippen molar-refractivity contribution in [2.75, 3.05) is 7.05 Å². The van der Waals surface area contributed by atoms with Crippen molar-refractivity contribution < 1.29 is 0 Å². The first-order valence-electron chi connectivity index (χ1n) is 6.03. The molecule has 0 aliphatic rings. The Labute approximate surface area is 107 Å². The summed E-state index contributed by atoms with van der Waals surface area (Å²) in [4.78, 5) is 6.03. The lowest BCUT2D eigenvalue weighted by atomic mass is 10.1. The summed E-state index contributed by atoms with van der Waals surface area (Å²) in [6.07, 6.45) is 2.23. The molecule has 17 heavy (non-hydrogen) atoms. The minimum absolute atomic E-state index is 0.838. The van der Waals surface area contributed by atoms with Crippen molar-refractivity contribution in [3.63, 3.8) is 0 Å². The SMILES string of the molecule is CCCc1nc(CNC)c(-c2ccccc2)s1. The summed E-state index contributed by atoms with van der Waals surface area (Å²) in [5, 5.41) is 4.44. The minimum atomic E-state index is 0.838. The highest BCUT2D eigenvalue weighted by Crippen LogP contribution is 2.30. The van der Waals surface area contributed by atoms with E-state index in [4.69, 9.17) is 4.98 Å². The van der Waals surface area contributed by atoms with Gasteiger partial charge in [-0.05, 0) is 25.5 Å². The van der Waals surface area contributed by atoms with E-state index in [0.717, 1.165) is 19.4 Å². The van der Waals surface area contributed by atoms with Gasteiger partial charge in [0.05, 0.1) is 15.6 Å². The third-order valence-corrected chi connectivity index (χ3v) is 3.79. The highest BCUT2D eigenvalue weighted by atomic mass is 32.1. The fraction of sp³-hybridized carbons (Fsp3) is 0.357. The molecule has 0 atom stereocenters. The standard InChI is InChI=1S/C14H18N2S/c1-3-7-13-16-12(10-15-2)14(17-13)11-8-5-4-6-9-11/h4-6,8-9,15H,3,7,10H2,1-2H3. The molecule has 0 unspecified atom stereocenters. The third kappa shape index (κ3) is 2.93. The predicted octanol–water partition coefficient (Wildman–Crippen LogP) is 3.48. The molecule has 90 valence electrons. The summed E-state index contributed by atoms with van der Waals surface area (Å²) in [7, 11) is 1.97. The molecule has 0 aliphatic heterocycles. The molecular formula is C14H18N2S. The summed E-state index contributed by atoms with van der Waals surface area (Å²) in [5.41, 5.74) is 2.45. The molecule has 0 fully saturated rings. The largest absolute Gasteiger partial charge is 0.314 e. The molecular weight excluding hydrogens is 228 g/mol. The van der Waals surface area contributed by atoms with Crippen molar-refractivity contribution in [2.45, 2.75) is 26.3 Å². The van der Waals surface area contributed by atoms with Crippen LogP contribution in [0.25, 0.3) is 10.4 Å². The molecule has 1 N–H and O–H groups in total. The van der Waals surface area contributed by atoms with Crippen molar-refractivity contribution in [3.8, 4) is 10.4 Å². The molecule has 0 saturated heterocycles. The molecule has 0 saturated carbocycles. The summed E-state index contributed by atoms with van der Waals surface area (Å²) in [6, 6.07) is 10.5. The van der Waals surface area contributed by atoms with E-state index in [-0.39, 0.29) is 0 Å². The van der Waals surface area contributed by atoms with E-state index in [1.165, 1.54) is 21.1 Å². The number of hydrogen-bond donors (Lipinski definition) is 1. The lowest BCUT2D eigenvalue weighted by Gasteiger charge is -2.00. The first kappa shape index (κ1) is 12.3. The van der Waals surface area contributed by atoms with E-state index in [1.807, 2.05) is 18.4 Å². The smallest absolute Gasteiger partial charge is 0.0935 e. The molecule has 0 bridgehead atoms. The third-order valence-electron chi connectivity index (χ3n) is 2.59. The minimum Gasteiger partial charge on any atom is -0.314 e. The molecule has 0 radical (unpaired) electrons. The average molecular weight is 246 g/mol. The zero-order chi connectivity index (χ0) is 12.1. The molecule has 2 nitrogen and oxygen atoms in total. The Kier molecular flexibility index (Phi) is 4.29. The number of rotatable bonds is 5. The second-order valence-corrected chi connectivity index (χ2v) is 5.11. The van der Waals surface area contributed by atoms with Crippen molar-refractivity contribution in [1.29, 1.82) is 0 Å². The Morgan fingerprint density at radius 3 is 2.65 bits per heavy atom. The van der Waals surface area contributed by atoms with Gasteiger partial charge in [0.25, 0.3) is 0 Å². The van der Waals surface area contributed by atoms with Crippen LogP contribution < -0.4 is 5.32 Å². The fourth-order valence-electron chi connectivity index (χ4n) is 1.82. The molecule has 0 spiro atoms. The van der Waals surface area contributed by atoms with Gasteiger partial charge >= 0.3 is 0 Å². The molecule has 0 aliphatic carbocycles. The average Bonchev–Trinajstić information content (AvgIpc) is 2.74. The van der Waals surface area contributed by atoms with Crippen molar-refractivity contribution in [2.24, 2.45) is 0 Å². The number of aryl methyl sites for hydroxylation is 1. The van der Waals surface area contributed by atoms with Gasteiger partial charge in [-0.2, -0.15) is 0 Å². The van der Waals surface area contributed by atoms with Crippen LogP contribution in [0.4, 0.5) is 0 Å². The lowest BCUT2D eigenvalue weighted by Crippen LogP contribution is -2.06. The van der Waals surface area contributed by atoms with Gasteiger partial charge in [0.2, 0.25) is 0 Å². The van der Waals surface area contributed by atoms with Crippen LogP contribution in [-0.4, -0.2) is 12.0 Å². The van der Waals surface area contributed by atoms with Crippen LogP contribution in [0, 0.1) is 0 Å². The van der Waals surface area contributed by atoms with Gasteiger partial charge in [-0.15, -0.1) is 11.3 Å². The Balaban J connectivity index is 2.37. The first-order valence-corrected chi connectivity index (χ1v) is 6.85. The van der Waals surface area contributed by atoms with Crippen LogP contribution >= 0.6 is 11.3 Å². The first-order chi connectivity index (χ1) is 8.35. The Morgan fingerprint density at radius 2 is 2.00 bits per heavy atom. The molecule has 1 heterocycles. The van der Waals surface area contributed by atoms with Crippen LogP contribution in [0.5, 0.6) is 0 Å². The summed E-state index contributed by atoms with van der Waals surface area (Å²) >= 11 is 1.83. The second-order valence-electron chi connectivity index (χ2n) is 4.03. The monoisotopic (exact) mass is 246 g/mol. The van der Waals surface area contributed by atoms with Crippen molar-refractivity contribution in [3.05, 3.63) is 41.0 Å². The van der Waals surface area contributed by atoms with E-state index in [2.05, 4.69) is 42.6 Å². The van der Waals surface area contributed by atoms with Crippen LogP contribution in [-0.2, 0) is 13.0 Å². The van der Waals surface area contributed by atoms with Crippen LogP contribution in [0.15, 0.2) is 30.3 Å². The molecule has 1 aromatic heterocycles. The molecule has 1 aromatic carbocycles. The zero-order valence-electron chi connectivity index (χ0n) is 10.4. The lowest BCUT2D eigenvalue weighted by molar-refractivity contribution is 0.788. The zero-order valence-corrected chi connectivity index (χ0v) is 11.2. The number of thiazole rings is 1. The summed E-state index contributed by atoms with van der Waals surface area (Å²) < 4.78 is 0. The van der Waals surface area contributed by atoms with Crippen molar-refractivity contribution >= 4 is 11.3 Å². The van der Waals surface area contributed by atoms with Crippen LogP contribution in [0.2, 0.25) is 0 Å². The normalized spacial score (nSPS) is 10.7. The molecule has 2 rings (SSSR count).